The minimum atomic E-state index is 0.480. The maximum absolute atomic E-state index is 9.12. The molecule has 3 nitrogen and oxygen atoms in total. The number of hydrogen-bond acceptors (Lipinski definition) is 3. The summed E-state index contributed by atoms with van der Waals surface area (Å²) in [6, 6.07) is 14.7. The van der Waals surface area contributed by atoms with E-state index in [4.69, 9.17) is 22.1 Å². The molecule has 0 radical (unpaired) electrons. The van der Waals surface area contributed by atoms with Crippen molar-refractivity contribution in [2.75, 3.05) is 5.32 Å². The highest BCUT2D eigenvalue weighted by atomic mass is 35.5. The number of benzene rings is 2. The lowest BCUT2D eigenvalue weighted by molar-refractivity contribution is 1.40. The Labute approximate surface area is 116 Å². The molecule has 0 aliphatic rings. The summed E-state index contributed by atoms with van der Waals surface area (Å²) < 4.78 is 0. The Morgan fingerprint density at radius 2 is 1.68 bits per heavy atom. The molecule has 0 atom stereocenters. The Hall–Kier alpha value is -2.49. The van der Waals surface area contributed by atoms with E-state index in [-0.39, 0.29) is 0 Å². The fraction of sp³-hybridized carbons (Fsp3) is 0.0667. The first-order valence-electron chi connectivity index (χ1n) is 5.61. The number of nitrogens with one attached hydrogen (secondary N) is 1. The van der Waals surface area contributed by atoms with Crippen LogP contribution in [-0.2, 0) is 0 Å². The SMILES string of the molecule is Cc1ccc(Nc2cc(Cl)ccc2C#N)c(C#N)c1. The Morgan fingerprint density at radius 1 is 0.947 bits per heavy atom. The Kier molecular flexibility index (Phi) is 3.71. The molecule has 0 amide bonds. The van der Waals surface area contributed by atoms with Gasteiger partial charge in [-0.2, -0.15) is 10.5 Å². The first-order chi connectivity index (χ1) is 9.13. The molecule has 4 heteroatoms. The molecular formula is C15H10ClN3. The molecule has 0 aliphatic heterocycles. The van der Waals surface area contributed by atoms with Crippen molar-refractivity contribution in [3.63, 3.8) is 0 Å². The minimum absolute atomic E-state index is 0.480. The third kappa shape index (κ3) is 2.85. The predicted octanol–water partition coefficient (Wildman–Crippen LogP) is 4.14. The molecule has 0 unspecified atom stereocenters. The molecule has 2 aromatic rings. The summed E-state index contributed by atoms with van der Waals surface area (Å²) in [7, 11) is 0. The van der Waals surface area contributed by atoms with Crippen LogP contribution in [0.25, 0.3) is 0 Å². The van der Waals surface area contributed by atoms with E-state index < -0.39 is 0 Å². The first-order valence-corrected chi connectivity index (χ1v) is 5.99. The number of aryl methyl sites for hydroxylation is 1. The molecule has 0 heterocycles. The van der Waals surface area contributed by atoms with Gasteiger partial charge >= 0.3 is 0 Å². The zero-order valence-electron chi connectivity index (χ0n) is 10.2. The van der Waals surface area contributed by atoms with E-state index in [1.807, 2.05) is 19.1 Å². The van der Waals surface area contributed by atoms with Gasteiger partial charge in [0, 0.05) is 5.02 Å². The molecule has 0 saturated heterocycles. The topological polar surface area (TPSA) is 59.6 Å². The monoisotopic (exact) mass is 267 g/mol. The highest BCUT2D eigenvalue weighted by molar-refractivity contribution is 6.30. The molecule has 0 bridgehead atoms. The molecule has 0 aromatic heterocycles. The fourth-order valence-electron chi connectivity index (χ4n) is 1.72. The van der Waals surface area contributed by atoms with Crippen molar-refractivity contribution in [1.82, 2.24) is 0 Å². The summed E-state index contributed by atoms with van der Waals surface area (Å²) in [5.74, 6) is 0. The van der Waals surface area contributed by atoms with E-state index >= 15 is 0 Å². The maximum atomic E-state index is 9.12. The second-order valence-corrected chi connectivity index (χ2v) is 4.52. The van der Waals surface area contributed by atoms with Crippen LogP contribution in [0.15, 0.2) is 36.4 Å². The van der Waals surface area contributed by atoms with Crippen molar-refractivity contribution < 1.29 is 0 Å². The lowest BCUT2D eigenvalue weighted by Gasteiger charge is -2.10. The van der Waals surface area contributed by atoms with Crippen LogP contribution in [0, 0.1) is 29.6 Å². The van der Waals surface area contributed by atoms with E-state index in [0.717, 1.165) is 5.56 Å². The fourth-order valence-corrected chi connectivity index (χ4v) is 1.89. The highest BCUT2D eigenvalue weighted by Gasteiger charge is 2.07. The Morgan fingerprint density at radius 3 is 2.37 bits per heavy atom. The molecule has 2 aromatic carbocycles. The molecule has 92 valence electrons. The molecule has 0 fully saturated rings. The second kappa shape index (κ2) is 5.44. The summed E-state index contributed by atoms with van der Waals surface area (Å²) in [6.45, 7) is 1.92. The van der Waals surface area contributed by atoms with Gasteiger partial charge in [-0.25, -0.2) is 0 Å². The van der Waals surface area contributed by atoms with Crippen LogP contribution in [0.1, 0.15) is 16.7 Å². The van der Waals surface area contributed by atoms with E-state index in [1.165, 1.54) is 0 Å². The summed E-state index contributed by atoms with van der Waals surface area (Å²) in [6.07, 6.45) is 0. The first kappa shape index (κ1) is 13.0. The average Bonchev–Trinajstić information content (AvgIpc) is 2.41. The van der Waals surface area contributed by atoms with Gasteiger partial charge in [-0.15, -0.1) is 0 Å². The Bertz CT molecular complexity index is 708. The van der Waals surface area contributed by atoms with Crippen LogP contribution in [-0.4, -0.2) is 0 Å². The molecule has 1 N–H and O–H groups in total. The molecule has 0 aliphatic carbocycles. The van der Waals surface area contributed by atoms with Gasteiger partial charge in [0.2, 0.25) is 0 Å². The summed E-state index contributed by atoms with van der Waals surface area (Å²) in [4.78, 5) is 0. The summed E-state index contributed by atoms with van der Waals surface area (Å²) in [5.41, 5.74) is 3.27. The van der Waals surface area contributed by atoms with Crippen molar-refractivity contribution in [2.24, 2.45) is 0 Å². The molecule has 19 heavy (non-hydrogen) atoms. The molecular weight excluding hydrogens is 258 g/mol. The number of anilines is 2. The number of halogens is 1. The quantitative estimate of drug-likeness (QED) is 0.890. The van der Waals surface area contributed by atoms with Crippen LogP contribution in [0.3, 0.4) is 0 Å². The van der Waals surface area contributed by atoms with Crippen LogP contribution in [0.4, 0.5) is 11.4 Å². The van der Waals surface area contributed by atoms with Crippen molar-refractivity contribution in [3.05, 3.63) is 58.1 Å². The van der Waals surface area contributed by atoms with E-state index in [0.29, 0.717) is 27.5 Å². The minimum Gasteiger partial charge on any atom is -0.353 e. The number of hydrogen-bond donors (Lipinski definition) is 1. The zero-order chi connectivity index (χ0) is 13.8. The molecule has 2 rings (SSSR count). The third-order valence-corrected chi connectivity index (χ3v) is 2.90. The van der Waals surface area contributed by atoms with Crippen molar-refractivity contribution >= 4 is 23.0 Å². The second-order valence-electron chi connectivity index (χ2n) is 4.09. The van der Waals surface area contributed by atoms with E-state index in [1.54, 1.807) is 24.3 Å². The molecule has 0 spiro atoms. The van der Waals surface area contributed by atoms with Crippen molar-refractivity contribution in [1.29, 1.82) is 10.5 Å². The zero-order valence-corrected chi connectivity index (χ0v) is 11.0. The van der Waals surface area contributed by atoms with Gasteiger partial charge in [0.1, 0.15) is 12.1 Å². The number of nitriles is 2. The normalized spacial score (nSPS) is 9.47. The van der Waals surface area contributed by atoms with Gasteiger partial charge in [-0.1, -0.05) is 17.7 Å². The van der Waals surface area contributed by atoms with Crippen molar-refractivity contribution in [3.8, 4) is 12.1 Å². The Balaban J connectivity index is 2.45. The standard InChI is InChI=1S/C15H10ClN3/c1-10-2-5-14(12(6-10)9-18)19-15-7-13(16)4-3-11(15)8-17/h2-7,19H,1H3. The van der Waals surface area contributed by atoms with E-state index in [2.05, 4.69) is 17.5 Å². The van der Waals surface area contributed by atoms with Gasteiger partial charge in [0.25, 0.3) is 0 Å². The lowest BCUT2D eigenvalue weighted by atomic mass is 10.1. The van der Waals surface area contributed by atoms with Gasteiger partial charge in [0.15, 0.2) is 0 Å². The third-order valence-electron chi connectivity index (χ3n) is 2.67. The predicted molar refractivity (Wildman–Crippen MR) is 75.3 cm³/mol. The van der Waals surface area contributed by atoms with Gasteiger partial charge < -0.3 is 5.32 Å². The summed E-state index contributed by atoms with van der Waals surface area (Å²) in [5, 5.41) is 21.8. The van der Waals surface area contributed by atoms with Gasteiger partial charge in [-0.3, -0.25) is 0 Å². The van der Waals surface area contributed by atoms with Gasteiger partial charge in [-0.05, 0) is 42.8 Å². The van der Waals surface area contributed by atoms with E-state index in [9.17, 15) is 0 Å². The smallest absolute Gasteiger partial charge is 0.101 e. The number of nitrogens with zero attached hydrogens (tertiary/aromatic N) is 2. The van der Waals surface area contributed by atoms with Crippen LogP contribution in [0.5, 0.6) is 0 Å². The van der Waals surface area contributed by atoms with Gasteiger partial charge in [0.05, 0.1) is 22.5 Å². The number of rotatable bonds is 2. The van der Waals surface area contributed by atoms with Crippen LogP contribution in [0.2, 0.25) is 5.02 Å². The molecule has 0 saturated carbocycles. The highest BCUT2D eigenvalue weighted by Crippen LogP contribution is 2.26. The van der Waals surface area contributed by atoms with Crippen LogP contribution >= 0.6 is 11.6 Å². The largest absolute Gasteiger partial charge is 0.353 e. The van der Waals surface area contributed by atoms with Crippen LogP contribution < -0.4 is 5.32 Å². The summed E-state index contributed by atoms with van der Waals surface area (Å²) >= 11 is 5.92. The maximum Gasteiger partial charge on any atom is 0.101 e. The van der Waals surface area contributed by atoms with Crippen molar-refractivity contribution in [2.45, 2.75) is 6.92 Å². The lowest BCUT2D eigenvalue weighted by Crippen LogP contribution is -1.96. The average molecular weight is 268 g/mol.